The predicted molar refractivity (Wildman–Crippen MR) is 72.3 cm³/mol. The van der Waals surface area contributed by atoms with Crippen LogP contribution in [0.3, 0.4) is 0 Å². The van der Waals surface area contributed by atoms with Gasteiger partial charge in [-0.25, -0.2) is 0 Å². The third-order valence-corrected chi connectivity index (χ3v) is 3.35. The Morgan fingerprint density at radius 1 is 1.28 bits per heavy atom. The van der Waals surface area contributed by atoms with Crippen LogP contribution >= 0.6 is 0 Å². The number of hydrogen-bond acceptors (Lipinski definition) is 4. The molecule has 5 nitrogen and oxygen atoms in total. The SMILES string of the molecule is COC(CN)CC(=O)N1CCN(CC(C)C)CC1. The Bertz CT molecular complexity index is 247. The van der Waals surface area contributed by atoms with E-state index in [-0.39, 0.29) is 12.0 Å². The van der Waals surface area contributed by atoms with Gasteiger partial charge in [0.25, 0.3) is 0 Å². The van der Waals surface area contributed by atoms with E-state index in [0.29, 0.717) is 18.9 Å². The molecule has 0 aromatic carbocycles. The Labute approximate surface area is 110 Å². The van der Waals surface area contributed by atoms with E-state index in [1.54, 1.807) is 7.11 Å². The van der Waals surface area contributed by atoms with E-state index in [2.05, 4.69) is 18.7 Å². The van der Waals surface area contributed by atoms with Gasteiger partial charge in [0.15, 0.2) is 0 Å². The minimum atomic E-state index is -0.147. The van der Waals surface area contributed by atoms with Crippen LogP contribution < -0.4 is 5.73 Å². The molecule has 1 aliphatic rings. The first-order valence-electron chi connectivity index (χ1n) is 6.79. The number of carbonyl (C=O) groups is 1. The number of ether oxygens (including phenoxy) is 1. The largest absolute Gasteiger partial charge is 0.380 e. The van der Waals surface area contributed by atoms with E-state index in [4.69, 9.17) is 10.5 Å². The molecular weight excluding hydrogens is 230 g/mol. The second kappa shape index (κ2) is 7.71. The molecule has 1 aliphatic heterocycles. The summed E-state index contributed by atoms with van der Waals surface area (Å²) in [5.74, 6) is 0.846. The Morgan fingerprint density at radius 2 is 1.89 bits per heavy atom. The normalized spacial score (nSPS) is 19.3. The molecular formula is C13H27N3O2. The molecule has 0 bridgehead atoms. The van der Waals surface area contributed by atoms with E-state index < -0.39 is 0 Å². The highest BCUT2D eigenvalue weighted by Crippen LogP contribution is 2.08. The maximum absolute atomic E-state index is 12.0. The number of carbonyl (C=O) groups excluding carboxylic acids is 1. The molecule has 0 radical (unpaired) electrons. The van der Waals surface area contributed by atoms with Gasteiger partial charge in [-0.2, -0.15) is 0 Å². The monoisotopic (exact) mass is 257 g/mol. The summed E-state index contributed by atoms with van der Waals surface area (Å²) in [6.45, 7) is 9.57. The van der Waals surface area contributed by atoms with Crippen molar-refractivity contribution in [2.24, 2.45) is 11.7 Å². The first-order chi connectivity index (χ1) is 8.56. The molecule has 2 N–H and O–H groups in total. The number of hydrogen-bond donors (Lipinski definition) is 1. The lowest BCUT2D eigenvalue weighted by Gasteiger charge is -2.36. The summed E-state index contributed by atoms with van der Waals surface area (Å²) in [6, 6.07) is 0. The van der Waals surface area contributed by atoms with Crippen molar-refractivity contribution >= 4 is 5.91 Å². The zero-order valence-corrected chi connectivity index (χ0v) is 11.9. The van der Waals surface area contributed by atoms with Gasteiger partial charge in [0, 0.05) is 46.4 Å². The number of methoxy groups -OCH3 is 1. The third-order valence-electron chi connectivity index (χ3n) is 3.35. The van der Waals surface area contributed by atoms with E-state index >= 15 is 0 Å². The molecule has 0 aromatic rings. The van der Waals surface area contributed by atoms with E-state index in [1.807, 2.05) is 4.90 Å². The van der Waals surface area contributed by atoms with Gasteiger partial charge in [-0.3, -0.25) is 9.69 Å². The summed E-state index contributed by atoms with van der Waals surface area (Å²) in [7, 11) is 1.60. The minimum Gasteiger partial charge on any atom is -0.380 e. The molecule has 1 fully saturated rings. The third kappa shape index (κ3) is 4.92. The average Bonchev–Trinajstić information content (AvgIpc) is 2.35. The molecule has 0 spiro atoms. The van der Waals surface area contributed by atoms with Crippen molar-refractivity contribution in [1.29, 1.82) is 0 Å². The average molecular weight is 257 g/mol. The summed E-state index contributed by atoms with van der Waals surface area (Å²) in [5.41, 5.74) is 5.53. The minimum absolute atomic E-state index is 0.147. The molecule has 1 heterocycles. The maximum Gasteiger partial charge on any atom is 0.225 e. The number of rotatable bonds is 6. The molecule has 1 atom stereocenters. The van der Waals surface area contributed by atoms with Crippen molar-refractivity contribution in [3.8, 4) is 0 Å². The van der Waals surface area contributed by atoms with Gasteiger partial charge in [0.1, 0.15) is 0 Å². The molecule has 106 valence electrons. The number of piperazine rings is 1. The number of nitrogens with two attached hydrogens (primary N) is 1. The second-order valence-electron chi connectivity index (χ2n) is 5.37. The second-order valence-corrected chi connectivity index (χ2v) is 5.37. The van der Waals surface area contributed by atoms with Crippen LogP contribution in [0.5, 0.6) is 0 Å². The summed E-state index contributed by atoms with van der Waals surface area (Å²) >= 11 is 0. The lowest BCUT2D eigenvalue weighted by molar-refractivity contribution is -0.135. The highest BCUT2D eigenvalue weighted by molar-refractivity contribution is 5.76. The fraction of sp³-hybridized carbons (Fsp3) is 0.923. The van der Waals surface area contributed by atoms with Gasteiger partial charge in [0.2, 0.25) is 5.91 Å². The standard InChI is InChI=1S/C13H27N3O2/c1-11(2)10-15-4-6-16(7-5-15)13(17)8-12(9-14)18-3/h11-12H,4-10,14H2,1-3H3. The maximum atomic E-state index is 12.0. The van der Waals surface area contributed by atoms with Gasteiger partial charge >= 0.3 is 0 Å². The first kappa shape index (κ1) is 15.4. The summed E-state index contributed by atoms with van der Waals surface area (Å²) < 4.78 is 5.15. The number of amides is 1. The van der Waals surface area contributed by atoms with Crippen molar-refractivity contribution in [1.82, 2.24) is 9.80 Å². The van der Waals surface area contributed by atoms with Gasteiger partial charge in [-0.05, 0) is 5.92 Å². The number of nitrogens with zero attached hydrogens (tertiary/aromatic N) is 2. The van der Waals surface area contributed by atoms with Gasteiger partial charge in [-0.15, -0.1) is 0 Å². The van der Waals surface area contributed by atoms with Gasteiger partial charge in [-0.1, -0.05) is 13.8 Å². The van der Waals surface area contributed by atoms with Crippen molar-refractivity contribution < 1.29 is 9.53 Å². The molecule has 1 rings (SSSR count). The fourth-order valence-corrected chi connectivity index (χ4v) is 2.28. The molecule has 5 heteroatoms. The topological polar surface area (TPSA) is 58.8 Å². The van der Waals surface area contributed by atoms with E-state index in [0.717, 1.165) is 32.7 Å². The van der Waals surface area contributed by atoms with Crippen LogP contribution in [-0.2, 0) is 9.53 Å². The van der Waals surface area contributed by atoms with Crippen LogP contribution in [0.25, 0.3) is 0 Å². The predicted octanol–water partition coefficient (Wildman–Crippen LogP) is 0.150. The van der Waals surface area contributed by atoms with Crippen molar-refractivity contribution in [3.63, 3.8) is 0 Å². The van der Waals surface area contributed by atoms with Crippen molar-refractivity contribution in [3.05, 3.63) is 0 Å². The Morgan fingerprint density at radius 3 is 2.33 bits per heavy atom. The molecule has 1 unspecified atom stereocenters. The molecule has 18 heavy (non-hydrogen) atoms. The van der Waals surface area contributed by atoms with E-state index in [9.17, 15) is 4.79 Å². The van der Waals surface area contributed by atoms with E-state index in [1.165, 1.54) is 0 Å². The van der Waals surface area contributed by atoms with Crippen LogP contribution in [0.1, 0.15) is 20.3 Å². The van der Waals surface area contributed by atoms with Gasteiger partial charge < -0.3 is 15.4 Å². The highest BCUT2D eigenvalue weighted by atomic mass is 16.5. The van der Waals surface area contributed by atoms with Crippen molar-refractivity contribution in [2.75, 3.05) is 46.4 Å². The van der Waals surface area contributed by atoms with Crippen LogP contribution in [0.4, 0.5) is 0 Å². The quantitative estimate of drug-likeness (QED) is 0.736. The molecule has 0 aromatic heterocycles. The Hall–Kier alpha value is -0.650. The summed E-state index contributed by atoms with van der Waals surface area (Å²) in [5, 5.41) is 0. The fourth-order valence-electron chi connectivity index (χ4n) is 2.28. The molecule has 0 saturated carbocycles. The Balaban J connectivity index is 2.31. The highest BCUT2D eigenvalue weighted by Gasteiger charge is 2.23. The molecule has 0 aliphatic carbocycles. The Kier molecular flexibility index (Phi) is 6.60. The van der Waals surface area contributed by atoms with Gasteiger partial charge in [0.05, 0.1) is 12.5 Å². The first-order valence-corrected chi connectivity index (χ1v) is 6.79. The van der Waals surface area contributed by atoms with Crippen LogP contribution in [0.2, 0.25) is 0 Å². The lowest BCUT2D eigenvalue weighted by Crippen LogP contribution is -2.50. The smallest absolute Gasteiger partial charge is 0.225 e. The van der Waals surface area contributed by atoms with Crippen molar-refractivity contribution in [2.45, 2.75) is 26.4 Å². The zero-order chi connectivity index (χ0) is 13.5. The zero-order valence-electron chi connectivity index (χ0n) is 11.9. The van der Waals surface area contributed by atoms with Crippen LogP contribution in [0.15, 0.2) is 0 Å². The lowest BCUT2D eigenvalue weighted by atomic mass is 10.1. The molecule has 1 amide bonds. The van der Waals surface area contributed by atoms with Crippen LogP contribution in [0, 0.1) is 5.92 Å². The summed E-state index contributed by atoms with van der Waals surface area (Å²) in [4.78, 5) is 16.4. The van der Waals surface area contributed by atoms with Crippen LogP contribution in [-0.4, -0.2) is 68.2 Å². The summed E-state index contributed by atoms with van der Waals surface area (Å²) in [6.07, 6.45) is 0.253. The molecule has 1 saturated heterocycles.